The molecule has 0 aliphatic carbocycles. The lowest BCUT2D eigenvalue weighted by Crippen LogP contribution is -2.33. The number of nitrogens with zero attached hydrogens (tertiary/aromatic N) is 2. The van der Waals surface area contributed by atoms with E-state index in [-0.39, 0.29) is 0 Å². The number of thiazole rings is 1. The number of fused-ring (bicyclic) bond motifs is 1. The van der Waals surface area contributed by atoms with Gasteiger partial charge in [0, 0.05) is 41.7 Å². The fraction of sp³-hybridized carbons (Fsp3) is 0.115. The molecule has 0 aliphatic rings. The van der Waals surface area contributed by atoms with Gasteiger partial charge in [0.15, 0.2) is 6.54 Å². The average molecular weight is 430 g/mol. The van der Waals surface area contributed by atoms with Crippen LogP contribution in [0.4, 0.5) is 5.69 Å². The third-order valence-corrected chi connectivity index (χ3v) is 6.98. The summed E-state index contributed by atoms with van der Waals surface area (Å²) in [6, 6.07) is 21.5. The Morgan fingerprint density at radius 3 is 2.23 bits per heavy atom. The summed E-state index contributed by atoms with van der Waals surface area (Å²) in [4.78, 5) is 4.61. The monoisotopic (exact) mass is 429 g/mol. The predicted molar refractivity (Wildman–Crippen MR) is 135 cm³/mol. The SMILES string of the molecule is C=CC[n+]1c(/C=C/c2ccc(/C=C/c3ccc(N(C)C)cc3)s2)sc2ccccc21. The van der Waals surface area contributed by atoms with E-state index in [1.54, 1.807) is 11.3 Å². The Labute approximate surface area is 186 Å². The molecule has 30 heavy (non-hydrogen) atoms. The van der Waals surface area contributed by atoms with Gasteiger partial charge in [0.1, 0.15) is 4.70 Å². The highest BCUT2D eigenvalue weighted by Gasteiger charge is 2.16. The van der Waals surface area contributed by atoms with Crippen molar-refractivity contribution in [3.05, 3.63) is 93.6 Å². The summed E-state index contributed by atoms with van der Waals surface area (Å²) in [7, 11) is 4.12. The van der Waals surface area contributed by atoms with E-state index in [1.165, 1.54) is 36.2 Å². The molecule has 150 valence electrons. The van der Waals surface area contributed by atoms with Crippen LogP contribution in [0.5, 0.6) is 0 Å². The van der Waals surface area contributed by atoms with E-state index in [9.17, 15) is 0 Å². The quantitative estimate of drug-likeness (QED) is 0.230. The van der Waals surface area contributed by atoms with Crippen LogP contribution in [0.3, 0.4) is 0 Å². The zero-order valence-corrected chi connectivity index (χ0v) is 18.9. The molecule has 2 aromatic carbocycles. The van der Waals surface area contributed by atoms with Crippen LogP contribution < -0.4 is 9.47 Å². The zero-order chi connectivity index (χ0) is 20.9. The van der Waals surface area contributed by atoms with Gasteiger partial charge in [-0.3, -0.25) is 0 Å². The molecule has 0 saturated heterocycles. The van der Waals surface area contributed by atoms with E-state index in [4.69, 9.17) is 0 Å². The molecule has 4 heteroatoms. The molecule has 0 bridgehead atoms. The van der Waals surface area contributed by atoms with E-state index < -0.39 is 0 Å². The van der Waals surface area contributed by atoms with Crippen LogP contribution in [0.1, 0.15) is 20.3 Å². The lowest BCUT2D eigenvalue weighted by Gasteiger charge is -2.11. The summed E-state index contributed by atoms with van der Waals surface area (Å²) in [5.41, 5.74) is 3.68. The van der Waals surface area contributed by atoms with Gasteiger partial charge in [-0.1, -0.05) is 48.3 Å². The first-order valence-corrected chi connectivity index (χ1v) is 11.5. The van der Waals surface area contributed by atoms with Crippen LogP contribution in [0.15, 0.2) is 73.3 Å². The van der Waals surface area contributed by atoms with Crippen molar-refractivity contribution >= 4 is 62.9 Å². The third-order valence-electron chi connectivity index (χ3n) is 4.84. The van der Waals surface area contributed by atoms with E-state index >= 15 is 0 Å². The van der Waals surface area contributed by atoms with E-state index in [0.29, 0.717) is 0 Å². The van der Waals surface area contributed by atoms with Crippen LogP contribution >= 0.6 is 22.7 Å². The number of benzene rings is 2. The molecule has 0 spiro atoms. The van der Waals surface area contributed by atoms with Gasteiger partial charge in [0.25, 0.3) is 5.01 Å². The molecule has 2 heterocycles. The highest BCUT2D eigenvalue weighted by Crippen LogP contribution is 2.25. The molecule has 0 atom stereocenters. The highest BCUT2D eigenvalue weighted by molar-refractivity contribution is 7.19. The first kappa shape index (κ1) is 20.3. The van der Waals surface area contributed by atoms with E-state index in [2.05, 4.69) is 115 Å². The van der Waals surface area contributed by atoms with Gasteiger partial charge in [-0.05, 0) is 54.1 Å². The zero-order valence-electron chi connectivity index (χ0n) is 17.3. The predicted octanol–water partition coefficient (Wildman–Crippen LogP) is 6.84. The van der Waals surface area contributed by atoms with Gasteiger partial charge < -0.3 is 4.90 Å². The van der Waals surface area contributed by atoms with Crippen molar-refractivity contribution in [2.45, 2.75) is 6.54 Å². The minimum absolute atomic E-state index is 0.814. The third kappa shape index (κ3) is 4.61. The molecule has 0 unspecified atom stereocenters. The Kier molecular flexibility index (Phi) is 6.26. The standard InChI is InChI=1S/C26H25N2S2/c1-4-19-28-24-7-5-6-8-25(24)30-26(28)18-17-23-16-15-22(29-23)14-11-20-9-12-21(13-10-20)27(2)3/h4-18H,1,19H2,2-3H3/q+1. The molecule has 2 aromatic heterocycles. The molecule has 0 N–H and O–H groups in total. The van der Waals surface area contributed by atoms with Gasteiger partial charge in [-0.15, -0.1) is 11.3 Å². The number of para-hydroxylation sites is 1. The van der Waals surface area contributed by atoms with E-state index in [0.717, 1.165) is 6.54 Å². The Morgan fingerprint density at radius 1 is 0.833 bits per heavy atom. The normalized spacial score (nSPS) is 11.7. The number of aromatic nitrogens is 1. The van der Waals surface area contributed by atoms with Crippen LogP contribution in [0.25, 0.3) is 34.5 Å². The van der Waals surface area contributed by atoms with Crippen LogP contribution in [0.2, 0.25) is 0 Å². The molecule has 4 rings (SSSR count). The summed E-state index contributed by atoms with van der Waals surface area (Å²) in [6.07, 6.45) is 10.7. The highest BCUT2D eigenvalue weighted by atomic mass is 32.1. The molecule has 2 nitrogen and oxygen atoms in total. The average Bonchev–Trinajstić information content (AvgIpc) is 3.36. The first-order chi connectivity index (χ1) is 14.6. The van der Waals surface area contributed by atoms with Crippen molar-refractivity contribution in [1.82, 2.24) is 0 Å². The molecule has 0 saturated carbocycles. The molecule has 0 aliphatic heterocycles. The lowest BCUT2D eigenvalue weighted by atomic mass is 10.2. The number of allylic oxidation sites excluding steroid dienone is 1. The number of rotatable bonds is 7. The van der Waals surface area contributed by atoms with Gasteiger partial charge >= 0.3 is 0 Å². The van der Waals surface area contributed by atoms with Crippen molar-refractivity contribution in [2.24, 2.45) is 0 Å². The summed E-state index contributed by atoms with van der Waals surface area (Å²) < 4.78 is 3.61. The minimum Gasteiger partial charge on any atom is -0.378 e. The molecular weight excluding hydrogens is 404 g/mol. The smallest absolute Gasteiger partial charge is 0.263 e. The Morgan fingerprint density at radius 2 is 1.53 bits per heavy atom. The van der Waals surface area contributed by atoms with Crippen molar-refractivity contribution in [2.75, 3.05) is 19.0 Å². The molecule has 0 fully saturated rings. The number of hydrogen-bond donors (Lipinski definition) is 0. The van der Waals surface area contributed by atoms with Gasteiger partial charge in [0.2, 0.25) is 5.52 Å². The van der Waals surface area contributed by atoms with Crippen LogP contribution in [0, 0.1) is 0 Å². The molecule has 0 amide bonds. The molecule has 4 aromatic rings. The Balaban J connectivity index is 1.51. The number of thiophene rings is 1. The van der Waals surface area contributed by atoms with Crippen molar-refractivity contribution in [3.8, 4) is 0 Å². The number of anilines is 1. The second-order valence-electron chi connectivity index (χ2n) is 7.20. The van der Waals surface area contributed by atoms with Gasteiger partial charge in [-0.25, -0.2) is 0 Å². The Bertz CT molecular complexity index is 1210. The Hall–Kier alpha value is -2.95. The maximum absolute atomic E-state index is 3.92. The fourth-order valence-corrected chi connectivity index (χ4v) is 5.15. The van der Waals surface area contributed by atoms with Crippen molar-refractivity contribution in [1.29, 1.82) is 0 Å². The topological polar surface area (TPSA) is 7.12 Å². The van der Waals surface area contributed by atoms with Crippen molar-refractivity contribution < 1.29 is 4.57 Å². The lowest BCUT2D eigenvalue weighted by molar-refractivity contribution is -0.658. The van der Waals surface area contributed by atoms with Crippen molar-refractivity contribution in [3.63, 3.8) is 0 Å². The van der Waals surface area contributed by atoms with Gasteiger partial charge in [-0.2, -0.15) is 4.57 Å². The first-order valence-electron chi connectivity index (χ1n) is 9.90. The second kappa shape index (κ2) is 9.24. The largest absolute Gasteiger partial charge is 0.378 e. The van der Waals surface area contributed by atoms with E-state index in [1.807, 2.05) is 17.4 Å². The van der Waals surface area contributed by atoms with Gasteiger partial charge in [0.05, 0.1) is 0 Å². The minimum atomic E-state index is 0.814. The molecular formula is C26H25N2S2+. The second-order valence-corrected chi connectivity index (χ2v) is 9.41. The number of hydrogen-bond acceptors (Lipinski definition) is 3. The summed E-state index contributed by atoms with van der Waals surface area (Å²) in [5.74, 6) is 0. The maximum Gasteiger partial charge on any atom is 0.263 e. The fourth-order valence-electron chi connectivity index (χ4n) is 3.26. The molecule has 0 radical (unpaired) electrons. The summed E-state index contributed by atoms with van der Waals surface area (Å²) in [6.45, 7) is 4.73. The van der Waals surface area contributed by atoms with Crippen LogP contribution in [-0.2, 0) is 6.54 Å². The summed E-state index contributed by atoms with van der Waals surface area (Å²) in [5, 5.41) is 1.24. The van der Waals surface area contributed by atoms with Crippen LogP contribution in [-0.4, -0.2) is 14.1 Å². The summed E-state index contributed by atoms with van der Waals surface area (Å²) >= 11 is 3.61. The maximum atomic E-state index is 3.92.